The maximum Gasteiger partial charge on any atom is 0.158 e. The molecule has 2 rings (SSSR count). The second-order valence-corrected chi connectivity index (χ2v) is 5.46. The van der Waals surface area contributed by atoms with E-state index in [1.807, 2.05) is 6.07 Å². The number of methoxy groups -OCH3 is 1. The predicted molar refractivity (Wildman–Crippen MR) is 83.9 cm³/mol. The molecule has 0 saturated carbocycles. The molecule has 21 heavy (non-hydrogen) atoms. The Bertz CT molecular complexity index is 435. The Morgan fingerprint density at radius 2 is 2.00 bits per heavy atom. The van der Waals surface area contributed by atoms with Crippen molar-refractivity contribution in [2.75, 3.05) is 37.5 Å². The van der Waals surface area contributed by atoms with Crippen LogP contribution in [0.15, 0.2) is 6.07 Å². The Morgan fingerprint density at radius 1 is 1.29 bits per heavy atom. The van der Waals surface area contributed by atoms with Crippen molar-refractivity contribution in [3.63, 3.8) is 0 Å². The quantitative estimate of drug-likeness (QED) is 0.514. The van der Waals surface area contributed by atoms with Gasteiger partial charge in [-0.15, -0.1) is 0 Å². The highest BCUT2D eigenvalue weighted by Crippen LogP contribution is 2.14. The van der Waals surface area contributed by atoms with E-state index in [1.165, 1.54) is 32.4 Å². The average Bonchev–Trinajstić information content (AvgIpc) is 2.53. The van der Waals surface area contributed by atoms with Crippen LogP contribution in [-0.2, 0) is 11.3 Å². The summed E-state index contributed by atoms with van der Waals surface area (Å²) in [7, 11) is 1.62. The Hall–Kier alpha value is -1.44. The summed E-state index contributed by atoms with van der Waals surface area (Å²) in [4.78, 5) is 11.2. The van der Waals surface area contributed by atoms with Gasteiger partial charge in [0, 0.05) is 25.8 Å². The van der Waals surface area contributed by atoms with E-state index in [0.29, 0.717) is 24.3 Å². The molecule has 1 fully saturated rings. The van der Waals surface area contributed by atoms with Crippen molar-refractivity contribution < 1.29 is 4.74 Å². The molecule has 0 bridgehead atoms. The molecule has 1 aromatic heterocycles. The van der Waals surface area contributed by atoms with Gasteiger partial charge in [0.05, 0.1) is 0 Å². The molecular weight excluding hydrogens is 268 g/mol. The largest absolute Gasteiger partial charge is 0.377 e. The molecule has 1 unspecified atom stereocenters. The summed E-state index contributed by atoms with van der Waals surface area (Å²) in [6.07, 6.45) is 3.96. The van der Waals surface area contributed by atoms with Gasteiger partial charge in [-0.25, -0.2) is 15.8 Å². The molecule has 1 saturated heterocycles. The molecule has 4 N–H and O–H groups in total. The van der Waals surface area contributed by atoms with E-state index in [0.717, 1.165) is 12.4 Å². The van der Waals surface area contributed by atoms with Gasteiger partial charge in [0.15, 0.2) is 5.82 Å². The molecule has 0 aliphatic carbocycles. The summed E-state index contributed by atoms with van der Waals surface area (Å²) in [5, 5.41) is 3.37. The fraction of sp³-hybridized carbons (Fsp3) is 0.714. The fourth-order valence-corrected chi connectivity index (χ4v) is 2.60. The molecule has 1 aliphatic heterocycles. The highest BCUT2D eigenvalue weighted by atomic mass is 16.5. The average molecular weight is 294 g/mol. The zero-order valence-corrected chi connectivity index (χ0v) is 12.9. The molecule has 1 aliphatic rings. The van der Waals surface area contributed by atoms with E-state index in [1.54, 1.807) is 7.11 Å². The first kappa shape index (κ1) is 15.9. The third kappa shape index (κ3) is 4.80. The van der Waals surface area contributed by atoms with Gasteiger partial charge in [0.25, 0.3) is 0 Å². The van der Waals surface area contributed by atoms with Crippen LogP contribution >= 0.6 is 0 Å². The van der Waals surface area contributed by atoms with Crippen LogP contribution in [0.25, 0.3) is 0 Å². The fourth-order valence-electron chi connectivity index (χ4n) is 2.60. The normalized spacial score (nSPS) is 17.5. The number of nitrogens with zero attached hydrogens (tertiary/aromatic N) is 3. The molecular formula is C14H26N6O. The Kier molecular flexibility index (Phi) is 6.16. The Labute approximate surface area is 126 Å². The third-order valence-electron chi connectivity index (χ3n) is 3.79. The maximum atomic E-state index is 5.44. The van der Waals surface area contributed by atoms with Crippen molar-refractivity contribution in [2.45, 2.75) is 38.8 Å². The number of hydrogen-bond donors (Lipinski definition) is 3. The smallest absolute Gasteiger partial charge is 0.158 e. The lowest BCUT2D eigenvalue weighted by Gasteiger charge is -2.32. The topological polar surface area (TPSA) is 88.3 Å². The molecule has 0 radical (unpaired) electrons. The number of nitrogen functional groups attached to an aromatic ring is 1. The number of nitrogens with two attached hydrogens (primary N) is 1. The molecule has 0 amide bonds. The molecule has 7 nitrogen and oxygen atoms in total. The van der Waals surface area contributed by atoms with E-state index in [-0.39, 0.29) is 0 Å². The van der Waals surface area contributed by atoms with Gasteiger partial charge in [-0.2, -0.15) is 0 Å². The molecule has 1 atom stereocenters. The second-order valence-electron chi connectivity index (χ2n) is 5.46. The van der Waals surface area contributed by atoms with Crippen molar-refractivity contribution >= 4 is 11.6 Å². The second kappa shape index (κ2) is 8.11. The van der Waals surface area contributed by atoms with Gasteiger partial charge < -0.3 is 15.5 Å². The summed E-state index contributed by atoms with van der Waals surface area (Å²) >= 11 is 0. The van der Waals surface area contributed by atoms with Gasteiger partial charge in [-0.1, -0.05) is 6.42 Å². The first-order chi connectivity index (χ1) is 10.2. The zero-order valence-electron chi connectivity index (χ0n) is 12.9. The van der Waals surface area contributed by atoms with E-state index < -0.39 is 0 Å². The summed E-state index contributed by atoms with van der Waals surface area (Å²) in [6, 6.07) is 2.29. The standard InChI is InChI=1S/C14H26N6O/c1-11(20-6-4-3-5-7-20)9-16-12-8-13(19-15)18-14(17-12)10-21-2/h8,11H,3-7,9-10,15H2,1-2H3,(H2,16,17,18,19). The predicted octanol–water partition coefficient (Wildman–Crippen LogP) is 1.19. The molecule has 0 spiro atoms. The van der Waals surface area contributed by atoms with Crippen molar-refractivity contribution in [1.82, 2.24) is 14.9 Å². The van der Waals surface area contributed by atoms with Gasteiger partial charge in [-0.05, 0) is 32.9 Å². The highest BCUT2D eigenvalue weighted by Gasteiger charge is 2.16. The number of rotatable bonds is 7. The number of nitrogens with one attached hydrogen (secondary N) is 2. The van der Waals surface area contributed by atoms with Crippen LogP contribution in [0.1, 0.15) is 32.0 Å². The van der Waals surface area contributed by atoms with Crippen molar-refractivity contribution in [1.29, 1.82) is 0 Å². The monoisotopic (exact) mass is 294 g/mol. The van der Waals surface area contributed by atoms with Crippen LogP contribution in [0.4, 0.5) is 11.6 Å². The SMILES string of the molecule is COCc1nc(NN)cc(NCC(C)N2CCCCC2)n1. The maximum absolute atomic E-state index is 5.44. The minimum atomic E-state index is 0.367. The van der Waals surface area contributed by atoms with Crippen LogP contribution in [0.2, 0.25) is 0 Å². The number of hydrazine groups is 1. The lowest BCUT2D eigenvalue weighted by Crippen LogP contribution is -2.41. The van der Waals surface area contributed by atoms with E-state index >= 15 is 0 Å². The molecule has 1 aromatic rings. The van der Waals surface area contributed by atoms with E-state index in [9.17, 15) is 0 Å². The van der Waals surface area contributed by atoms with Gasteiger partial charge in [0.2, 0.25) is 0 Å². The summed E-state index contributed by atoms with van der Waals surface area (Å²) in [5.74, 6) is 7.41. The number of hydrogen-bond acceptors (Lipinski definition) is 7. The molecule has 118 valence electrons. The van der Waals surface area contributed by atoms with E-state index in [4.69, 9.17) is 10.6 Å². The van der Waals surface area contributed by atoms with Gasteiger partial charge in [-0.3, -0.25) is 4.90 Å². The number of ether oxygens (including phenoxy) is 1. The minimum Gasteiger partial charge on any atom is -0.377 e. The Balaban J connectivity index is 1.93. The van der Waals surface area contributed by atoms with Crippen molar-refractivity contribution in [2.24, 2.45) is 5.84 Å². The van der Waals surface area contributed by atoms with Gasteiger partial charge in [0.1, 0.15) is 18.2 Å². The first-order valence-electron chi connectivity index (χ1n) is 7.54. The van der Waals surface area contributed by atoms with E-state index in [2.05, 4.69) is 32.5 Å². The third-order valence-corrected chi connectivity index (χ3v) is 3.79. The number of piperidine rings is 1. The first-order valence-corrected chi connectivity index (χ1v) is 7.54. The lowest BCUT2D eigenvalue weighted by atomic mass is 10.1. The lowest BCUT2D eigenvalue weighted by molar-refractivity contribution is 0.177. The number of likely N-dealkylation sites (tertiary alicyclic amines) is 1. The highest BCUT2D eigenvalue weighted by molar-refractivity contribution is 5.46. The van der Waals surface area contributed by atoms with Crippen LogP contribution in [-0.4, -0.2) is 47.7 Å². The van der Waals surface area contributed by atoms with Crippen molar-refractivity contribution in [3.05, 3.63) is 11.9 Å². The Morgan fingerprint density at radius 3 is 2.67 bits per heavy atom. The summed E-state index contributed by atoms with van der Waals surface area (Å²) in [6.45, 7) is 5.85. The van der Waals surface area contributed by atoms with Crippen LogP contribution in [0.3, 0.4) is 0 Å². The molecule has 7 heteroatoms. The van der Waals surface area contributed by atoms with Crippen LogP contribution in [0, 0.1) is 0 Å². The molecule has 2 heterocycles. The minimum absolute atomic E-state index is 0.367. The van der Waals surface area contributed by atoms with Crippen molar-refractivity contribution in [3.8, 4) is 0 Å². The number of aromatic nitrogens is 2. The van der Waals surface area contributed by atoms with Gasteiger partial charge >= 0.3 is 0 Å². The summed E-state index contributed by atoms with van der Waals surface area (Å²) in [5.41, 5.74) is 2.56. The number of anilines is 2. The zero-order chi connectivity index (χ0) is 15.1. The van der Waals surface area contributed by atoms with Crippen LogP contribution < -0.4 is 16.6 Å². The van der Waals surface area contributed by atoms with Crippen LogP contribution in [0.5, 0.6) is 0 Å². The summed E-state index contributed by atoms with van der Waals surface area (Å²) < 4.78 is 5.07. The molecule has 0 aromatic carbocycles.